The van der Waals surface area contributed by atoms with Crippen LogP contribution in [0.1, 0.15) is 63.2 Å². The molecule has 1 heterocycles. The molecule has 1 aliphatic heterocycles. The minimum atomic E-state index is -1.72. The lowest BCUT2D eigenvalue weighted by molar-refractivity contribution is -0.331. The fourth-order valence-electron chi connectivity index (χ4n) is 11.7. The van der Waals surface area contributed by atoms with E-state index in [-0.39, 0.29) is 35.8 Å². The molecule has 3 N–H and O–H groups in total. The number of fused-ring (bicyclic) bond motifs is 2. The van der Waals surface area contributed by atoms with Crippen molar-refractivity contribution in [2.45, 2.75) is 82.8 Å². The zero-order valence-electron chi connectivity index (χ0n) is 23.1. The lowest BCUT2D eigenvalue weighted by Gasteiger charge is -2.71. The van der Waals surface area contributed by atoms with Crippen LogP contribution in [0.5, 0.6) is 0 Å². The van der Waals surface area contributed by atoms with Gasteiger partial charge in [-0.05, 0) is 68.0 Å². The summed E-state index contributed by atoms with van der Waals surface area (Å²) in [5.74, 6) is -1.66. The third kappa shape index (κ3) is 2.94. The normalized spacial score (nSPS) is 50.9. The highest BCUT2D eigenvalue weighted by molar-refractivity contribution is 5.89. The second kappa shape index (κ2) is 8.28. The van der Waals surface area contributed by atoms with Crippen molar-refractivity contribution in [1.82, 2.24) is 4.90 Å². The fraction of sp³-hybridized carbons (Fsp3) is 0.742. The number of hydrogen-bond acceptors (Lipinski definition) is 8. The molecule has 7 bridgehead atoms. The molecule has 0 unspecified atom stereocenters. The van der Waals surface area contributed by atoms with Gasteiger partial charge in [-0.3, -0.25) is 9.69 Å². The molecule has 1 aromatic carbocycles. The molecule has 7 aliphatic rings. The highest BCUT2D eigenvalue weighted by Gasteiger charge is 2.89. The van der Waals surface area contributed by atoms with Gasteiger partial charge < -0.3 is 24.8 Å². The molecule has 2 spiro atoms. The molecular formula is C31H41NO7. The maximum absolute atomic E-state index is 12.9. The monoisotopic (exact) mass is 539 g/mol. The molecule has 8 heteroatoms. The molecule has 1 saturated heterocycles. The maximum Gasteiger partial charge on any atom is 0.338 e. The van der Waals surface area contributed by atoms with Crippen LogP contribution in [-0.2, 0) is 14.3 Å². The molecule has 212 valence electrons. The summed E-state index contributed by atoms with van der Waals surface area (Å²) < 4.78 is 11.8. The van der Waals surface area contributed by atoms with E-state index in [1.807, 2.05) is 6.07 Å². The number of ether oxygens (including phenoxy) is 2. The summed E-state index contributed by atoms with van der Waals surface area (Å²) >= 11 is 0. The van der Waals surface area contributed by atoms with E-state index in [9.17, 15) is 24.9 Å². The Morgan fingerprint density at radius 3 is 2.54 bits per heavy atom. The van der Waals surface area contributed by atoms with Crippen LogP contribution in [-0.4, -0.2) is 81.8 Å². The Hall–Kier alpha value is -2.00. The van der Waals surface area contributed by atoms with Gasteiger partial charge in [-0.25, -0.2) is 4.79 Å². The van der Waals surface area contributed by atoms with Gasteiger partial charge in [0, 0.05) is 42.2 Å². The number of carbonyl (C=O) groups is 2. The summed E-state index contributed by atoms with van der Waals surface area (Å²) in [4.78, 5) is 28.0. The van der Waals surface area contributed by atoms with Crippen LogP contribution in [0.2, 0.25) is 0 Å². The Labute approximate surface area is 229 Å². The Bertz CT molecular complexity index is 1190. The van der Waals surface area contributed by atoms with Crippen LogP contribution >= 0.6 is 0 Å². The molecule has 8 nitrogen and oxygen atoms in total. The van der Waals surface area contributed by atoms with E-state index in [1.165, 1.54) is 6.92 Å². The van der Waals surface area contributed by atoms with Gasteiger partial charge in [0.25, 0.3) is 0 Å². The molecule has 0 radical (unpaired) electrons. The van der Waals surface area contributed by atoms with E-state index in [1.54, 1.807) is 24.3 Å². The summed E-state index contributed by atoms with van der Waals surface area (Å²) in [5, 5.41) is 36.5. The summed E-state index contributed by atoms with van der Waals surface area (Å²) in [6.07, 6.45) is 1.44. The zero-order valence-corrected chi connectivity index (χ0v) is 23.1. The first-order valence-corrected chi connectivity index (χ1v) is 14.8. The lowest BCUT2D eigenvalue weighted by Crippen LogP contribution is -2.78. The van der Waals surface area contributed by atoms with Gasteiger partial charge in [0.15, 0.2) is 0 Å². The Kier molecular flexibility index (Phi) is 5.50. The van der Waals surface area contributed by atoms with Crippen molar-refractivity contribution in [1.29, 1.82) is 0 Å². The SMILES string of the molecule is CCN1C[C@]2(C)CC[C@H](O)[C@@]34[C@@H]2C[C@@H]([C@@H]13)[C@@]12CC[C@@H]([C@H](O)[C@H]14)[C@@](O)(COC(=O)c1ccccc1)[C@@H]2OC(C)=O. The Morgan fingerprint density at radius 2 is 1.85 bits per heavy atom. The van der Waals surface area contributed by atoms with E-state index < -0.39 is 52.6 Å². The van der Waals surface area contributed by atoms with Crippen molar-refractivity contribution in [3.8, 4) is 0 Å². The van der Waals surface area contributed by atoms with E-state index in [4.69, 9.17) is 9.47 Å². The molecule has 6 aliphatic carbocycles. The van der Waals surface area contributed by atoms with Crippen LogP contribution in [0, 0.1) is 39.9 Å². The van der Waals surface area contributed by atoms with Crippen LogP contribution in [0.3, 0.4) is 0 Å². The maximum atomic E-state index is 12.9. The molecule has 12 atom stereocenters. The summed E-state index contributed by atoms with van der Waals surface area (Å²) in [6, 6.07) is 8.68. The van der Waals surface area contributed by atoms with Gasteiger partial charge in [-0.1, -0.05) is 32.0 Å². The van der Waals surface area contributed by atoms with Crippen molar-refractivity contribution in [3.05, 3.63) is 35.9 Å². The molecule has 1 aromatic rings. The number of aliphatic hydroxyl groups is 3. The number of nitrogens with zero attached hydrogens (tertiary/aromatic N) is 1. The van der Waals surface area contributed by atoms with Gasteiger partial charge in [-0.2, -0.15) is 0 Å². The van der Waals surface area contributed by atoms with Crippen LogP contribution in [0.15, 0.2) is 30.3 Å². The summed E-state index contributed by atoms with van der Waals surface area (Å²) in [7, 11) is 0. The summed E-state index contributed by atoms with van der Waals surface area (Å²) in [5.41, 5.74) is -2.51. The Balaban J connectivity index is 1.34. The van der Waals surface area contributed by atoms with Gasteiger partial charge in [-0.15, -0.1) is 0 Å². The van der Waals surface area contributed by atoms with Crippen LogP contribution in [0.25, 0.3) is 0 Å². The molecule has 39 heavy (non-hydrogen) atoms. The minimum absolute atomic E-state index is 0.0525. The van der Waals surface area contributed by atoms with E-state index in [2.05, 4.69) is 18.7 Å². The molecule has 7 fully saturated rings. The number of likely N-dealkylation sites (tertiary alicyclic amines) is 1. The second-order valence-corrected chi connectivity index (χ2v) is 13.8. The number of benzene rings is 1. The van der Waals surface area contributed by atoms with E-state index in [0.717, 1.165) is 25.9 Å². The lowest BCUT2D eigenvalue weighted by atomic mass is 9.37. The average Bonchev–Trinajstić information content (AvgIpc) is 3.36. The molecule has 0 aromatic heterocycles. The largest absolute Gasteiger partial charge is 0.459 e. The van der Waals surface area contributed by atoms with Gasteiger partial charge in [0.1, 0.15) is 18.3 Å². The van der Waals surface area contributed by atoms with Gasteiger partial charge in [0.05, 0.1) is 17.8 Å². The molecule has 8 rings (SSSR count). The first-order chi connectivity index (χ1) is 18.6. The molecular weight excluding hydrogens is 498 g/mol. The quantitative estimate of drug-likeness (QED) is 0.489. The smallest absolute Gasteiger partial charge is 0.338 e. The van der Waals surface area contributed by atoms with Crippen LogP contribution < -0.4 is 0 Å². The number of hydrogen-bond donors (Lipinski definition) is 3. The summed E-state index contributed by atoms with van der Waals surface area (Å²) in [6.45, 7) is 7.32. The second-order valence-electron chi connectivity index (χ2n) is 13.8. The highest BCUT2D eigenvalue weighted by atomic mass is 16.6. The third-order valence-electron chi connectivity index (χ3n) is 12.5. The molecule has 0 amide bonds. The number of carbonyl (C=O) groups excluding carboxylic acids is 2. The molecule has 6 saturated carbocycles. The van der Waals surface area contributed by atoms with E-state index in [0.29, 0.717) is 24.8 Å². The van der Waals surface area contributed by atoms with Crippen molar-refractivity contribution in [3.63, 3.8) is 0 Å². The number of rotatable bonds is 5. The van der Waals surface area contributed by atoms with Crippen molar-refractivity contribution < 1.29 is 34.4 Å². The van der Waals surface area contributed by atoms with Crippen LogP contribution in [0.4, 0.5) is 0 Å². The standard InChI is InChI=1S/C31H41NO7/c1-4-32-15-28(3)12-11-22(34)31-21(28)14-20(25(31)32)29-13-10-19(23(35)24(29)31)30(37,27(29)39-17(2)33)16-38-26(36)18-8-6-5-7-9-18/h5-9,19-25,27,34-35,37H,4,10-16H2,1-3H3/t19-,20-,21+,22-,23-,24+,25+,27+,28-,29-,30-,31+/m0/s1. The number of piperidine rings is 1. The predicted octanol–water partition coefficient (Wildman–Crippen LogP) is 2.39. The topological polar surface area (TPSA) is 117 Å². The first-order valence-electron chi connectivity index (χ1n) is 14.8. The predicted molar refractivity (Wildman–Crippen MR) is 140 cm³/mol. The number of aliphatic hydroxyl groups excluding tert-OH is 2. The van der Waals surface area contributed by atoms with E-state index >= 15 is 0 Å². The minimum Gasteiger partial charge on any atom is -0.459 e. The Morgan fingerprint density at radius 1 is 1.10 bits per heavy atom. The van der Waals surface area contributed by atoms with Gasteiger partial charge in [0.2, 0.25) is 0 Å². The zero-order chi connectivity index (χ0) is 27.5. The van der Waals surface area contributed by atoms with Crippen molar-refractivity contribution in [2.75, 3.05) is 19.7 Å². The van der Waals surface area contributed by atoms with Crippen molar-refractivity contribution in [2.24, 2.45) is 39.9 Å². The third-order valence-corrected chi connectivity index (χ3v) is 12.5. The first kappa shape index (κ1) is 25.9. The van der Waals surface area contributed by atoms with Gasteiger partial charge >= 0.3 is 11.9 Å². The number of esters is 2. The average molecular weight is 540 g/mol. The van der Waals surface area contributed by atoms with Crippen molar-refractivity contribution >= 4 is 11.9 Å². The fourth-order valence-corrected chi connectivity index (χ4v) is 11.7. The highest BCUT2D eigenvalue weighted by Crippen LogP contribution is 2.84.